The van der Waals surface area contributed by atoms with Gasteiger partial charge in [-0.3, -0.25) is 4.79 Å². The first-order valence-electron chi connectivity index (χ1n) is 5.46. The molecule has 0 spiro atoms. The zero-order chi connectivity index (χ0) is 12.8. The molecule has 0 aliphatic heterocycles. The van der Waals surface area contributed by atoms with Crippen LogP contribution in [0.4, 0.5) is 0 Å². The maximum atomic E-state index is 10.9. The van der Waals surface area contributed by atoms with Crippen LogP contribution in [0.25, 0.3) is 0 Å². The lowest BCUT2D eigenvalue weighted by Gasteiger charge is -2.22. The number of aliphatic hydroxyl groups is 1. The SMILES string of the molecule is COC(O)(CCCC=CC(C)(C)C)C(N)=O. The molecule has 0 aromatic rings. The highest BCUT2D eigenvalue weighted by Crippen LogP contribution is 2.18. The molecule has 0 aliphatic rings. The van der Waals surface area contributed by atoms with Crippen molar-refractivity contribution in [2.24, 2.45) is 11.1 Å². The van der Waals surface area contributed by atoms with Crippen molar-refractivity contribution in [3.63, 3.8) is 0 Å². The molecule has 0 saturated carbocycles. The van der Waals surface area contributed by atoms with E-state index in [9.17, 15) is 9.90 Å². The topological polar surface area (TPSA) is 72.6 Å². The monoisotopic (exact) mass is 229 g/mol. The second-order valence-electron chi connectivity index (χ2n) is 5.01. The van der Waals surface area contributed by atoms with Crippen molar-refractivity contribution in [3.8, 4) is 0 Å². The molecule has 1 amide bonds. The summed E-state index contributed by atoms with van der Waals surface area (Å²) in [6.07, 6.45) is 5.80. The maximum Gasteiger partial charge on any atom is 0.277 e. The van der Waals surface area contributed by atoms with Crippen molar-refractivity contribution in [3.05, 3.63) is 12.2 Å². The smallest absolute Gasteiger partial charge is 0.277 e. The van der Waals surface area contributed by atoms with Gasteiger partial charge in [-0.25, -0.2) is 0 Å². The van der Waals surface area contributed by atoms with Crippen LogP contribution < -0.4 is 5.73 Å². The van der Waals surface area contributed by atoms with Gasteiger partial charge in [0.15, 0.2) is 0 Å². The van der Waals surface area contributed by atoms with E-state index in [1.807, 2.05) is 6.08 Å². The minimum atomic E-state index is -1.82. The van der Waals surface area contributed by atoms with Crippen LogP contribution in [-0.2, 0) is 9.53 Å². The van der Waals surface area contributed by atoms with Crippen molar-refractivity contribution in [1.29, 1.82) is 0 Å². The maximum absolute atomic E-state index is 10.9. The van der Waals surface area contributed by atoms with Crippen molar-refractivity contribution in [1.82, 2.24) is 0 Å². The van der Waals surface area contributed by atoms with Gasteiger partial charge in [0.1, 0.15) is 0 Å². The summed E-state index contributed by atoms with van der Waals surface area (Å²) in [7, 11) is 1.27. The van der Waals surface area contributed by atoms with Crippen LogP contribution in [0, 0.1) is 5.41 Å². The molecule has 0 heterocycles. The van der Waals surface area contributed by atoms with E-state index in [0.717, 1.165) is 6.42 Å². The molecule has 0 aromatic carbocycles. The third-order valence-corrected chi connectivity index (χ3v) is 2.23. The summed E-state index contributed by atoms with van der Waals surface area (Å²) in [6.45, 7) is 6.33. The molecule has 0 saturated heterocycles. The number of ether oxygens (including phenoxy) is 1. The fourth-order valence-corrected chi connectivity index (χ4v) is 1.22. The molecular formula is C12H23NO3. The summed E-state index contributed by atoms with van der Waals surface area (Å²) in [5, 5.41) is 9.64. The largest absolute Gasteiger partial charge is 0.365 e. The minimum Gasteiger partial charge on any atom is -0.365 e. The van der Waals surface area contributed by atoms with Gasteiger partial charge in [-0.1, -0.05) is 32.9 Å². The number of carbonyl (C=O) groups is 1. The molecule has 0 bridgehead atoms. The van der Waals surface area contributed by atoms with Gasteiger partial charge in [-0.15, -0.1) is 0 Å². The molecule has 16 heavy (non-hydrogen) atoms. The van der Waals surface area contributed by atoms with E-state index in [1.54, 1.807) is 0 Å². The summed E-state index contributed by atoms with van der Waals surface area (Å²) in [5.41, 5.74) is 5.19. The van der Waals surface area contributed by atoms with E-state index in [1.165, 1.54) is 7.11 Å². The summed E-state index contributed by atoms with van der Waals surface area (Å²) >= 11 is 0. The Morgan fingerprint density at radius 3 is 2.38 bits per heavy atom. The fourth-order valence-electron chi connectivity index (χ4n) is 1.22. The number of amides is 1. The Balaban J connectivity index is 3.99. The van der Waals surface area contributed by atoms with E-state index in [4.69, 9.17) is 10.5 Å². The van der Waals surface area contributed by atoms with Gasteiger partial charge < -0.3 is 15.6 Å². The van der Waals surface area contributed by atoms with Gasteiger partial charge in [-0.05, 0) is 18.3 Å². The van der Waals surface area contributed by atoms with Crippen LogP contribution in [0.1, 0.15) is 40.0 Å². The van der Waals surface area contributed by atoms with E-state index in [-0.39, 0.29) is 11.8 Å². The molecule has 0 rings (SSSR count). The number of nitrogens with two attached hydrogens (primary N) is 1. The number of allylic oxidation sites excluding steroid dienone is 2. The average Bonchev–Trinajstić information content (AvgIpc) is 2.14. The number of rotatable bonds is 6. The summed E-state index contributed by atoms with van der Waals surface area (Å²) < 4.78 is 4.70. The summed E-state index contributed by atoms with van der Waals surface area (Å²) in [6, 6.07) is 0. The number of hydrogen-bond acceptors (Lipinski definition) is 3. The number of primary amides is 1. The van der Waals surface area contributed by atoms with Gasteiger partial charge in [0.2, 0.25) is 5.79 Å². The zero-order valence-corrected chi connectivity index (χ0v) is 10.6. The third kappa shape index (κ3) is 5.88. The number of unbranched alkanes of at least 4 members (excludes halogenated alkanes) is 1. The van der Waals surface area contributed by atoms with Gasteiger partial charge in [0, 0.05) is 13.5 Å². The van der Waals surface area contributed by atoms with Crippen LogP contribution in [0.5, 0.6) is 0 Å². The predicted molar refractivity (Wildman–Crippen MR) is 63.6 cm³/mol. The number of hydrogen-bond donors (Lipinski definition) is 2. The first-order valence-corrected chi connectivity index (χ1v) is 5.46. The molecule has 0 aliphatic carbocycles. The van der Waals surface area contributed by atoms with Gasteiger partial charge in [0.25, 0.3) is 5.91 Å². The molecule has 1 atom stereocenters. The Bertz CT molecular complexity index is 255. The van der Waals surface area contributed by atoms with Crippen molar-refractivity contribution >= 4 is 5.91 Å². The minimum absolute atomic E-state index is 0.154. The highest BCUT2D eigenvalue weighted by atomic mass is 16.6. The Morgan fingerprint density at radius 1 is 1.44 bits per heavy atom. The van der Waals surface area contributed by atoms with Gasteiger partial charge in [-0.2, -0.15) is 0 Å². The Kier molecular flexibility index (Phi) is 5.68. The van der Waals surface area contributed by atoms with Crippen molar-refractivity contribution < 1.29 is 14.6 Å². The number of carbonyl (C=O) groups excluding carboxylic acids is 1. The molecule has 94 valence electrons. The normalized spacial score (nSPS) is 16.3. The second kappa shape index (κ2) is 6.01. The van der Waals surface area contributed by atoms with E-state index < -0.39 is 11.7 Å². The highest BCUT2D eigenvalue weighted by Gasteiger charge is 2.32. The lowest BCUT2D eigenvalue weighted by molar-refractivity contribution is -0.196. The van der Waals surface area contributed by atoms with E-state index in [2.05, 4.69) is 26.8 Å². The standard InChI is InChI=1S/C12H23NO3/c1-11(2,3)8-6-5-7-9-12(15,16-4)10(13)14/h6,8,15H,5,7,9H2,1-4H3,(H2,13,14). The predicted octanol–water partition coefficient (Wildman–Crippen LogP) is 1.58. The molecule has 3 N–H and O–H groups in total. The Hall–Kier alpha value is -0.870. The molecular weight excluding hydrogens is 206 g/mol. The molecule has 0 aromatic heterocycles. The van der Waals surface area contributed by atoms with E-state index >= 15 is 0 Å². The molecule has 0 radical (unpaired) electrons. The van der Waals surface area contributed by atoms with Crippen LogP contribution >= 0.6 is 0 Å². The van der Waals surface area contributed by atoms with Gasteiger partial charge >= 0.3 is 0 Å². The fraction of sp³-hybridized carbons (Fsp3) is 0.750. The lowest BCUT2D eigenvalue weighted by Crippen LogP contribution is -2.45. The highest BCUT2D eigenvalue weighted by molar-refractivity contribution is 5.81. The lowest BCUT2D eigenvalue weighted by atomic mass is 9.95. The van der Waals surface area contributed by atoms with Crippen molar-refractivity contribution in [2.75, 3.05) is 7.11 Å². The van der Waals surface area contributed by atoms with E-state index in [0.29, 0.717) is 6.42 Å². The van der Waals surface area contributed by atoms with Crippen LogP contribution in [0.15, 0.2) is 12.2 Å². The molecule has 4 heteroatoms. The van der Waals surface area contributed by atoms with Gasteiger partial charge in [0.05, 0.1) is 0 Å². The summed E-state index contributed by atoms with van der Waals surface area (Å²) in [4.78, 5) is 10.9. The van der Waals surface area contributed by atoms with Crippen LogP contribution in [0.3, 0.4) is 0 Å². The Morgan fingerprint density at radius 2 is 2.00 bits per heavy atom. The van der Waals surface area contributed by atoms with Crippen molar-refractivity contribution in [2.45, 2.75) is 45.8 Å². The Labute approximate surface area is 97.5 Å². The first kappa shape index (κ1) is 15.1. The zero-order valence-electron chi connectivity index (χ0n) is 10.6. The van der Waals surface area contributed by atoms with Crippen LogP contribution in [0.2, 0.25) is 0 Å². The molecule has 0 fully saturated rings. The summed E-state index contributed by atoms with van der Waals surface area (Å²) in [5.74, 6) is -2.66. The number of methoxy groups -OCH3 is 1. The van der Waals surface area contributed by atoms with Crippen LogP contribution in [-0.4, -0.2) is 23.9 Å². The second-order valence-corrected chi connectivity index (χ2v) is 5.01. The molecule has 1 unspecified atom stereocenters. The average molecular weight is 229 g/mol. The third-order valence-electron chi connectivity index (χ3n) is 2.23. The first-order chi connectivity index (χ1) is 7.21. The molecule has 4 nitrogen and oxygen atoms in total. The quantitative estimate of drug-likeness (QED) is 0.412.